The summed E-state index contributed by atoms with van der Waals surface area (Å²) in [5, 5.41) is 2.79. The second kappa shape index (κ2) is 8.86. The predicted octanol–water partition coefficient (Wildman–Crippen LogP) is 1.71. The van der Waals surface area contributed by atoms with Crippen LogP contribution in [0.3, 0.4) is 0 Å². The minimum atomic E-state index is -0.687. The van der Waals surface area contributed by atoms with Crippen molar-refractivity contribution >= 4 is 11.6 Å². The largest absolute Gasteiger partial charge is 0.493 e. The van der Waals surface area contributed by atoms with Crippen molar-refractivity contribution in [3.8, 4) is 5.75 Å². The molecule has 1 aliphatic rings. The van der Waals surface area contributed by atoms with Crippen molar-refractivity contribution in [3.63, 3.8) is 0 Å². The molecule has 1 heterocycles. The van der Waals surface area contributed by atoms with Gasteiger partial charge in [-0.25, -0.2) is 0 Å². The molecule has 1 aromatic rings. The highest BCUT2D eigenvalue weighted by atomic mass is 16.5. The number of benzene rings is 1. The minimum absolute atomic E-state index is 0.185. The summed E-state index contributed by atoms with van der Waals surface area (Å²) in [5.41, 5.74) is 7.43. The van der Waals surface area contributed by atoms with E-state index in [4.69, 9.17) is 19.9 Å². The van der Waals surface area contributed by atoms with E-state index in [1.807, 2.05) is 25.1 Å². The topological polar surface area (TPSA) is 82.8 Å². The minimum Gasteiger partial charge on any atom is -0.493 e. The van der Waals surface area contributed by atoms with E-state index in [0.717, 1.165) is 37.4 Å². The van der Waals surface area contributed by atoms with Crippen LogP contribution in [0, 0.1) is 12.8 Å². The second-order valence-electron chi connectivity index (χ2n) is 5.90. The zero-order valence-corrected chi connectivity index (χ0v) is 13.8. The molecule has 6 heteroatoms. The maximum atomic E-state index is 11.9. The SMILES string of the molecule is COCC(N)C(=O)Nc1ccc(C)c(OCC2CCOCC2)c1. The highest BCUT2D eigenvalue weighted by Gasteiger charge is 2.16. The Bertz CT molecular complexity index is 515. The number of amides is 1. The van der Waals surface area contributed by atoms with Gasteiger partial charge in [-0.05, 0) is 37.3 Å². The van der Waals surface area contributed by atoms with Gasteiger partial charge in [-0.1, -0.05) is 6.07 Å². The first-order valence-electron chi connectivity index (χ1n) is 7.96. The van der Waals surface area contributed by atoms with Gasteiger partial charge in [-0.15, -0.1) is 0 Å². The Balaban J connectivity index is 1.93. The first kappa shape index (κ1) is 17.7. The van der Waals surface area contributed by atoms with Crippen molar-refractivity contribution in [1.82, 2.24) is 0 Å². The van der Waals surface area contributed by atoms with Crippen LogP contribution in [0.2, 0.25) is 0 Å². The molecule has 1 fully saturated rings. The van der Waals surface area contributed by atoms with E-state index < -0.39 is 6.04 Å². The highest BCUT2D eigenvalue weighted by molar-refractivity contribution is 5.95. The quantitative estimate of drug-likeness (QED) is 0.798. The molecule has 1 amide bonds. The van der Waals surface area contributed by atoms with Crippen LogP contribution < -0.4 is 15.8 Å². The molecule has 0 spiro atoms. The smallest absolute Gasteiger partial charge is 0.243 e. The first-order valence-corrected chi connectivity index (χ1v) is 7.96. The standard InChI is InChI=1S/C17H26N2O4/c1-12-3-4-14(19-17(20)15(18)11-21-2)9-16(12)23-10-13-5-7-22-8-6-13/h3-4,9,13,15H,5-8,10-11,18H2,1-2H3,(H,19,20). The van der Waals surface area contributed by atoms with Gasteiger partial charge in [0.25, 0.3) is 0 Å². The lowest BCUT2D eigenvalue weighted by molar-refractivity contribution is -0.118. The zero-order valence-electron chi connectivity index (χ0n) is 13.8. The van der Waals surface area contributed by atoms with Gasteiger partial charge in [0.1, 0.15) is 11.8 Å². The van der Waals surface area contributed by atoms with Crippen molar-refractivity contribution in [2.45, 2.75) is 25.8 Å². The summed E-state index contributed by atoms with van der Waals surface area (Å²) in [6.45, 7) is 4.46. The fourth-order valence-electron chi connectivity index (χ4n) is 2.44. The molecule has 0 radical (unpaired) electrons. The van der Waals surface area contributed by atoms with Gasteiger partial charge < -0.3 is 25.3 Å². The van der Waals surface area contributed by atoms with Crippen molar-refractivity contribution in [2.24, 2.45) is 11.7 Å². The molecule has 1 unspecified atom stereocenters. The molecule has 6 nitrogen and oxygen atoms in total. The number of methoxy groups -OCH3 is 1. The summed E-state index contributed by atoms with van der Waals surface area (Å²) in [7, 11) is 1.52. The lowest BCUT2D eigenvalue weighted by Crippen LogP contribution is -2.39. The first-order chi connectivity index (χ1) is 11.1. The van der Waals surface area contributed by atoms with Crippen LogP contribution in [-0.4, -0.2) is 45.5 Å². The van der Waals surface area contributed by atoms with Crippen LogP contribution in [0.15, 0.2) is 18.2 Å². The van der Waals surface area contributed by atoms with Gasteiger partial charge in [0.2, 0.25) is 5.91 Å². The number of aryl methyl sites for hydroxylation is 1. The molecular weight excluding hydrogens is 296 g/mol. The summed E-state index contributed by atoms with van der Waals surface area (Å²) in [4.78, 5) is 11.9. The molecule has 1 aliphatic heterocycles. The van der Waals surface area contributed by atoms with Crippen LogP contribution in [0.4, 0.5) is 5.69 Å². The summed E-state index contributed by atoms with van der Waals surface area (Å²) in [6.07, 6.45) is 2.06. The molecule has 1 saturated heterocycles. The highest BCUT2D eigenvalue weighted by Crippen LogP contribution is 2.24. The van der Waals surface area contributed by atoms with Crippen LogP contribution >= 0.6 is 0 Å². The Morgan fingerprint density at radius 3 is 2.87 bits per heavy atom. The summed E-state index contributed by atoms with van der Waals surface area (Å²) >= 11 is 0. The lowest BCUT2D eigenvalue weighted by Gasteiger charge is -2.22. The normalized spacial score (nSPS) is 16.8. The van der Waals surface area contributed by atoms with Gasteiger partial charge in [0.05, 0.1) is 13.2 Å². The lowest BCUT2D eigenvalue weighted by atomic mass is 10.0. The Labute approximate surface area is 137 Å². The zero-order chi connectivity index (χ0) is 16.7. The van der Waals surface area contributed by atoms with Crippen molar-refractivity contribution in [2.75, 3.05) is 38.9 Å². The third-order valence-electron chi connectivity index (χ3n) is 3.95. The molecular formula is C17H26N2O4. The molecule has 3 N–H and O–H groups in total. The molecule has 0 aliphatic carbocycles. The number of carbonyl (C=O) groups excluding carboxylic acids is 1. The van der Waals surface area contributed by atoms with Gasteiger partial charge in [-0.3, -0.25) is 4.79 Å². The van der Waals surface area contributed by atoms with Crippen LogP contribution in [0.1, 0.15) is 18.4 Å². The van der Waals surface area contributed by atoms with Crippen LogP contribution in [-0.2, 0) is 14.3 Å². The molecule has 0 saturated carbocycles. The van der Waals surface area contributed by atoms with E-state index in [0.29, 0.717) is 18.2 Å². The van der Waals surface area contributed by atoms with E-state index in [9.17, 15) is 4.79 Å². The van der Waals surface area contributed by atoms with Gasteiger partial charge in [-0.2, -0.15) is 0 Å². The van der Waals surface area contributed by atoms with Crippen molar-refractivity contribution < 1.29 is 19.0 Å². The maximum absolute atomic E-state index is 11.9. The van der Waals surface area contributed by atoms with Crippen LogP contribution in [0.5, 0.6) is 5.75 Å². The summed E-state index contributed by atoms with van der Waals surface area (Å²) in [6, 6.07) is 4.92. The third-order valence-corrected chi connectivity index (χ3v) is 3.95. The molecule has 23 heavy (non-hydrogen) atoms. The maximum Gasteiger partial charge on any atom is 0.243 e. The molecule has 0 bridgehead atoms. The fourth-order valence-corrected chi connectivity index (χ4v) is 2.44. The number of hydrogen-bond donors (Lipinski definition) is 2. The van der Waals surface area contributed by atoms with Gasteiger partial charge in [0.15, 0.2) is 0 Å². The van der Waals surface area contributed by atoms with Crippen LogP contribution in [0.25, 0.3) is 0 Å². The molecule has 2 rings (SSSR count). The Hall–Kier alpha value is -1.63. The Kier molecular flexibility index (Phi) is 6.83. The number of rotatable bonds is 7. The number of nitrogens with one attached hydrogen (secondary N) is 1. The van der Waals surface area contributed by atoms with Crippen molar-refractivity contribution in [3.05, 3.63) is 23.8 Å². The number of carbonyl (C=O) groups is 1. The molecule has 1 aromatic carbocycles. The number of ether oxygens (including phenoxy) is 3. The Morgan fingerprint density at radius 2 is 2.17 bits per heavy atom. The summed E-state index contributed by atoms with van der Waals surface area (Å²) < 4.78 is 16.2. The van der Waals surface area contributed by atoms with E-state index in [1.165, 1.54) is 7.11 Å². The third kappa shape index (κ3) is 5.49. The molecule has 128 valence electrons. The summed E-state index contributed by atoms with van der Waals surface area (Å²) in [5.74, 6) is 1.04. The average Bonchev–Trinajstić information content (AvgIpc) is 2.56. The monoisotopic (exact) mass is 322 g/mol. The van der Waals surface area contributed by atoms with E-state index >= 15 is 0 Å². The number of hydrogen-bond acceptors (Lipinski definition) is 5. The number of anilines is 1. The van der Waals surface area contributed by atoms with Gasteiger partial charge >= 0.3 is 0 Å². The molecule has 0 aromatic heterocycles. The van der Waals surface area contributed by atoms with E-state index in [2.05, 4.69) is 5.32 Å². The van der Waals surface area contributed by atoms with Gasteiger partial charge in [0, 0.05) is 32.1 Å². The fraction of sp³-hybridized carbons (Fsp3) is 0.588. The Morgan fingerprint density at radius 1 is 1.43 bits per heavy atom. The molecule has 1 atom stereocenters. The average molecular weight is 322 g/mol. The number of nitrogens with two attached hydrogens (primary N) is 1. The second-order valence-corrected chi connectivity index (χ2v) is 5.90. The van der Waals surface area contributed by atoms with Crippen molar-refractivity contribution in [1.29, 1.82) is 0 Å². The van der Waals surface area contributed by atoms with E-state index in [-0.39, 0.29) is 12.5 Å². The van der Waals surface area contributed by atoms with E-state index in [1.54, 1.807) is 0 Å². The predicted molar refractivity (Wildman–Crippen MR) is 88.7 cm³/mol.